The molecule has 0 radical (unpaired) electrons. The molecule has 0 aliphatic heterocycles. The lowest BCUT2D eigenvalue weighted by atomic mass is 10.1. The van der Waals surface area contributed by atoms with Gasteiger partial charge in [0, 0.05) is 13.0 Å². The summed E-state index contributed by atoms with van der Waals surface area (Å²) in [5.74, 6) is -2.77. The van der Waals surface area contributed by atoms with Gasteiger partial charge in [-0.3, -0.25) is 19.2 Å². The van der Waals surface area contributed by atoms with Crippen molar-refractivity contribution in [1.29, 1.82) is 0 Å². The second-order valence-electron chi connectivity index (χ2n) is 3.73. The molecule has 106 valence electrons. The molecule has 19 heavy (non-hydrogen) atoms. The molecule has 4 N–H and O–H groups in total. The molecule has 0 spiro atoms. The number of hydrogen-bond acceptors (Lipinski definition) is 4. The van der Waals surface area contributed by atoms with Crippen molar-refractivity contribution in [3.05, 3.63) is 12.2 Å². The van der Waals surface area contributed by atoms with Gasteiger partial charge in [0.25, 0.3) is 0 Å². The molecule has 0 saturated heterocycles. The van der Waals surface area contributed by atoms with Crippen LogP contribution in [-0.2, 0) is 19.2 Å². The molecular weight excluding hydrogens is 256 g/mol. The van der Waals surface area contributed by atoms with Crippen LogP contribution in [0.25, 0.3) is 0 Å². The van der Waals surface area contributed by atoms with E-state index in [1.54, 1.807) is 0 Å². The van der Waals surface area contributed by atoms with Gasteiger partial charge in [-0.2, -0.15) is 0 Å². The largest absolute Gasteiger partial charge is 0.481 e. The zero-order valence-electron chi connectivity index (χ0n) is 10.2. The fraction of sp³-hybridized carbons (Fsp3) is 0.455. The summed E-state index contributed by atoms with van der Waals surface area (Å²) in [5.41, 5.74) is 0.0373. The molecule has 0 fully saturated rings. The second kappa shape index (κ2) is 8.67. The number of amides is 2. The van der Waals surface area contributed by atoms with E-state index in [-0.39, 0.29) is 31.4 Å². The molecule has 1 unspecified atom stereocenters. The highest BCUT2D eigenvalue weighted by Crippen LogP contribution is 2.05. The summed E-state index contributed by atoms with van der Waals surface area (Å²) in [6.07, 6.45) is -0.0367. The van der Waals surface area contributed by atoms with E-state index < -0.39 is 30.3 Å². The lowest BCUT2D eigenvalue weighted by Gasteiger charge is -2.17. The molecule has 0 aliphatic carbocycles. The Hall–Kier alpha value is -2.38. The van der Waals surface area contributed by atoms with E-state index in [9.17, 15) is 19.2 Å². The first-order chi connectivity index (χ1) is 8.88. The Morgan fingerprint density at radius 1 is 1.21 bits per heavy atom. The van der Waals surface area contributed by atoms with Gasteiger partial charge < -0.3 is 20.8 Å². The SMILES string of the molecule is C=C(CC(=O)O)C(NC=O)C(=O)NCCCC(=O)O. The lowest BCUT2D eigenvalue weighted by molar-refractivity contribution is -0.138. The van der Waals surface area contributed by atoms with Crippen LogP contribution >= 0.6 is 0 Å². The molecule has 1 atom stereocenters. The second-order valence-corrected chi connectivity index (χ2v) is 3.73. The maximum atomic E-state index is 11.7. The van der Waals surface area contributed by atoms with Gasteiger partial charge in [-0.05, 0) is 12.0 Å². The predicted octanol–water partition coefficient (Wildman–Crippen LogP) is -0.887. The average molecular weight is 272 g/mol. The third-order valence-corrected chi connectivity index (χ3v) is 2.15. The van der Waals surface area contributed by atoms with Crippen molar-refractivity contribution in [2.75, 3.05) is 6.54 Å². The van der Waals surface area contributed by atoms with E-state index >= 15 is 0 Å². The number of carboxylic acid groups (broad SMARTS) is 2. The Morgan fingerprint density at radius 2 is 1.84 bits per heavy atom. The van der Waals surface area contributed by atoms with Gasteiger partial charge in [0.2, 0.25) is 12.3 Å². The summed E-state index contributed by atoms with van der Waals surface area (Å²) in [6, 6.07) is -1.14. The van der Waals surface area contributed by atoms with Gasteiger partial charge in [-0.15, -0.1) is 0 Å². The Morgan fingerprint density at radius 3 is 2.32 bits per heavy atom. The highest BCUT2D eigenvalue weighted by molar-refractivity contribution is 5.88. The maximum absolute atomic E-state index is 11.7. The Kier molecular flexibility index (Phi) is 7.59. The fourth-order valence-electron chi connectivity index (χ4n) is 1.30. The molecule has 0 bridgehead atoms. The molecule has 8 nitrogen and oxygen atoms in total. The number of aliphatic carboxylic acids is 2. The number of rotatable bonds is 10. The van der Waals surface area contributed by atoms with Crippen LogP contribution in [0.3, 0.4) is 0 Å². The van der Waals surface area contributed by atoms with E-state index in [4.69, 9.17) is 10.2 Å². The molecular formula is C11H16N2O6. The van der Waals surface area contributed by atoms with Crippen molar-refractivity contribution >= 4 is 24.3 Å². The van der Waals surface area contributed by atoms with Crippen LogP contribution in [0.1, 0.15) is 19.3 Å². The molecule has 8 heteroatoms. The van der Waals surface area contributed by atoms with Crippen molar-refractivity contribution in [1.82, 2.24) is 10.6 Å². The minimum absolute atomic E-state index is 0.0373. The molecule has 0 rings (SSSR count). The number of carbonyl (C=O) groups excluding carboxylic acids is 2. The van der Waals surface area contributed by atoms with Crippen molar-refractivity contribution < 1.29 is 29.4 Å². The van der Waals surface area contributed by atoms with Gasteiger partial charge in [0.05, 0.1) is 6.42 Å². The van der Waals surface area contributed by atoms with Crippen LogP contribution in [0.4, 0.5) is 0 Å². The number of carboxylic acids is 2. The zero-order valence-corrected chi connectivity index (χ0v) is 10.2. The summed E-state index contributed by atoms with van der Waals surface area (Å²) in [5, 5.41) is 21.6. The molecule has 0 heterocycles. The standard InChI is InChI=1S/C11H16N2O6/c1-7(5-9(17)18)10(13-6-14)11(19)12-4-2-3-8(15)16/h6,10H,1-5H2,(H,12,19)(H,13,14)(H,15,16)(H,17,18). The van der Waals surface area contributed by atoms with E-state index in [0.29, 0.717) is 0 Å². The monoisotopic (exact) mass is 272 g/mol. The van der Waals surface area contributed by atoms with E-state index in [1.165, 1.54) is 0 Å². The highest BCUT2D eigenvalue weighted by Gasteiger charge is 2.22. The maximum Gasteiger partial charge on any atom is 0.307 e. The average Bonchev–Trinajstić information content (AvgIpc) is 2.30. The van der Waals surface area contributed by atoms with Crippen LogP contribution < -0.4 is 10.6 Å². The quantitative estimate of drug-likeness (QED) is 0.232. The Balaban J connectivity index is 4.32. The van der Waals surface area contributed by atoms with Crippen LogP contribution in [-0.4, -0.2) is 47.1 Å². The minimum Gasteiger partial charge on any atom is -0.481 e. The third-order valence-electron chi connectivity index (χ3n) is 2.15. The fourth-order valence-corrected chi connectivity index (χ4v) is 1.30. The van der Waals surface area contributed by atoms with Crippen molar-refractivity contribution in [2.45, 2.75) is 25.3 Å². The first-order valence-electron chi connectivity index (χ1n) is 5.47. The zero-order chi connectivity index (χ0) is 14.8. The molecule has 0 aromatic heterocycles. The van der Waals surface area contributed by atoms with E-state index in [0.717, 1.165) is 0 Å². The van der Waals surface area contributed by atoms with Gasteiger partial charge in [0.15, 0.2) is 0 Å². The first kappa shape index (κ1) is 16.6. The smallest absolute Gasteiger partial charge is 0.307 e. The minimum atomic E-state index is -1.17. The number of nitrogens with one attached hydrogen (secondary N) is 2. The normalized spacial score (nSPS) is 11.2. The topological polar surface area (TPSA) is 133 Å². The highest BCUT2D eigenvalue weighted by atomic mass is 16.4. The Bertz CT molecular complexity index is 379. The summed E-state index contributed by atoms with van der Waals surface area (Å²) in [7, 11) is 0. The van der Waals surface area contributed by atoms with Gasteiger partial charge in [-0.25, -0.2) is 0 Å². The van der Waals surface area contributed by atoms with Gasteiger partial charge in [-0.1, -0.05) is 6.58 Å². The Labute approximate surface area is 109 Å². The number of carbonyl (C=O) groups is 4. The molecule has 0 aromatic rings. The first-order valence-corrected chi connectivity index (χ1v) is 5.47. The van der Waals surface area contributed by atoms with E-state index in [1.807, 2.05) is 0 Å². The number of hydrogen-bond donors (Lipinski definition) is 4. The van der Waals surface area contributed by atoms with E-state index in [2.05, 4.69) is 17.2 Å². The lowest BCUT2D eigenvalue weighted by Crippen LogP contribution is -2.45. The van der Waals surface area contributed by atoms with Crippen molar-refractivity contribution in [2.24, 2.45) is 0 Å². The van der Waals surface area contributed by atoms with Crippen LogP contribution in [0.5, 0.6) is 0 Å². The van der Waals surface area contributed by atoms with Crippen LogP contribution in [0.15, 0.2) is 12.2 Å². The van der Waals surface area contributed by atoms with Crippen molar-refractivity contribution in [3.63, 3.8) is 0 Å². The van der Waals surface area contributed by atoms with Crippen LogP contribution in [0.2, 0.25) is 0 Å². The summed E-state index contributed by atoms with van der Waals surface area (Å²) >= 11 is 0. The summed E-state index contributed by atoms with van der Waals surface area (Å²) < 4.78 is 0. The molecule has 0 aromatic carbocycles. The summed E-state index contributed by atoms with van der Waals surface area (Å²) in [6.45, 7) is 3.55. The van der Waals surface area contributed by atoms with Gasteiger partial charge >= 0.3 is 11.9 Å². The third kappa shape index (κ3) is 7.53. The molecule has 0 aliphatic rings. The van der Waals surface area contributed by atoms with Crippen LogP contribution in [0, 0.1) is 0 Å². The van der Waals surface area contributed by atoms with Gasteiger partial charge in [0.1, 0.15) is 6.04 Å². The molecule has 0 saturated carbocycles. The van der Waals surface area contributed by atoms with Crippen molar-refractivity contribution in [3.8, 4) is 0 Å². The summed E-state index contributed by atoms with van der Waals surface area (Å²) in [4.78, 5) is 42.8. The molecule has 2 amide bonds. The predicted molar refractivity (Wildman–Crippen MR) is 64.3 cm³/mol.